The maximum atomic E-state index is 11.9. The third-order valence-corrected chi connectivity index (χ3v) is 2.54. The van der Waals surface area contributed by atoms with Crippen molar-refractivity contribution in [3.63, 3.8) is 0 Å². The van der Waals surface area contributed by atoms with Crippen LogP contribution in [-0.2, 0) is 19.1 Å². The highest BCUT2D eigenvalue weighted by Crippen LogP contribution is 2.24. The summed E-state index contributed by atoms with van der Waals surface area (Å²) in [5.74, 6) is -1.78. The molecule has 7 nitrogen and oxygen atoms in total. The minimum absolute atomic E-state index is 0.184. The average molecular weight is 273 g/mol. The number of esters is 1. The topological polar surface area (TPSA) is 93.1 Å². The molecule has 1 aliphatic rings. The van der Waals surface area contributed by atoms with Gasteiger partial charge < -0.3 is 14.6 Å². The Hall–Kier alpha value is -1.79. The van der Waals surface area contributed by atoms with Gasteiger partial charge in [0.15, 0.2) is 6.04 Å². The lowest BCUT2D eigenvalue weighted by Gasteiger charge is -2.27. The Morgan fingerprint density at radius 1 is 1.26 bits per heavy atom. The molecule has 1 fully saturated rings. The third-order valence-electron chi connectivity index (χ3n) is 2.54. The molecule has 0 saturated carbocycles. The lowest BCUT2D eigenvalue weighted by Crippen LogP contribution is -2.47. The Labute approximate surface area is 111 Å². The minimum atomic E-state index is -1.21. The number of likely N-dealkylation sites (tertiary alicyclic amines) is 1. The summed E-state index contributed by atoms with van der Waals surface area (Å²) in [6.07, 6.45) is -1.26. The molecule has 0 spiro atoms. The molecular weight excluding hydrogens is 254 g/mol. The molecule has 0 aromatic rings. The summed E-state index contributed by atoms with van der Waals surface area (Å²) < 4.78 is 10.1. The summed E-state index contributed by atoms with van der Waals surface area (Å²) in [6, 6.07) is -1.20. The van der Waals surface area contributed by atoms with Gasteiger partial charge in [-0.2, -0.15) is 0 Å². The molecule has 0 aromatic heterocycles. The van der Waals surface area contributed by atoms with E-state index in [0.29, 0.717) is 0 Å². The molecule has 0 radical (unpaired) electrons. The van der Waals surface area contributed by atoms with Crippen LogP contribution in [0.3, 0.4) is 0 Å². The molecule has 1 aliphatic heterocycles. The molecule has 19 heavy (non-hydrogen) atoms. The van der Waals surface area contributed by atoms with Crippen molar-refractivity contribution in [1.29, 1.82) is 0 Å². The number of hydrogen-bond donors (Lipinski definition) is 1. The van der Waals surface area contributed by atoms with E-state index in [-0.39, 0.29) is 13.0 Å². The molecule has 1 N–H and O–H groups in total. The van der Waals surface area contributed by atoms with Gasteiger partial charge in [0.1, 0.15) is 11.7 Å². The van der Waals surface area contributed by atoms with Gasteiger partial charge in [-0.1, -0.05) is 0 Å². The summed E-state index contributed by atoms with van der Waals surface area (Å²) in [6.45, 7) is 6.47. The first-order valence-corrected chi connectivity index (χ1v) is 6.01. The smallest absolute Gasteiger partial charge is 0.411 e. The summed E-state index contributed by atoms with van der Waals surface area (Å²) in [5, 5.41) is 9.17. The van der Waals surface area contributed by atoms with Crippen molar-refractivity contribution in [3.8, 4) is 0 Å². The van der Waals surface area contributed by atoms with E-state index in [1.165, 1.54) is 6.92 Å². The quantitative estimate of drug-likeness (QED) is 0.755. The van der Waals surface area contributed by atoms with E-state index in [2.05, 4.69) is 0 Å². The van der Waals surface area contributed by atoms with Crippen LogP contribution in [0.2, 0.25) is 0 Å². The number of aliphatic carboxylic acids is 1. The number of carboxylic acids is 1. The summed E-state index contributed by atoms with van der Waals surface area (Å²) in [5.41, 5.74) is -0.709. The highest BCUT2D eigenvalue weighted by Gasteiger charge is 2.45. The molecular formula is C12H19NO6. The zero-order chi connectivity index (χ0) is 14.8. The second-order valence-electron chi connectivity index (χ2n) is 5.39. The highest BCUT2D eigenvalue weighted by molar-refractivity contribution is 5.82. The van der Waals surface area contributed by atoms with Crippen molar-refractivity contribution in [1.82, 2.24) is 4.90 Å². The molecule has 1 amide bonds. The first-order chi connectivity index (χ1) is 8.61. The monoisotopic (exact) mass is 273 g/mol. The molecule has 2 atom stereocenters. The minimum Gasteiger partial charge on any atom is -0.480 e. The first kappa shape index (κ1) is 15.3. The number of ether oxygens (including phenoxy) is 2. The van der Waals surface area contributed by atoms with Crippen LogP contribution in [0.1, 0.15) is 34.1 Å². The Bertz CT molecular complexity index is 386. The van der Waals surface area contributed by atoms with Crippen molar-refractivity contribution < 1.29 is 29.0 Å². The van der Waals surface area contributed by atoms with E-state index in [4.69, 9.17) is 9.47 Å². The van der Waals surface area contributed by atoms with Crippen LogP contribution in [0.5, 0.6) is 0 Å². The van der Waals surface area contributed by atoms with Crippen molar-refractivity contribution >= 4 is 18.0 Å². The largest absolute Gasteiger partial charge is 0.480 e. The lowest BCUT2D eigenvalue weighted by atomic mass is 10.1. The molecule has 108 valence electrons. The fourth-order valence-corrected chi connectivity index (χ4v) is 1.92. The maximum Gasteiger partial charge on any atom is 0.411 e. The van der Waals surface area contributed by atoms with E-state index < -0.39 is 35.8 Å². The predicted molar refractivity (Wildman–Crippen MR) is 64.5 cm³/mol. The SMILES string of the molecule is CC(=O)O[C@H]1CCN(C(=O)OC(C)(C)C)[C@H]1C(=O)O. The second kappa shape index (κ2) is 5.46. The molecule has 0 aliphatic carbocycles. The van der Waals surface area contributed by atoms with Gasteiger partial charge in [-0.3, -0.25) is 9.69 Å². The molecule has 0 unspecified atom stereocenters. The molecule has 1 saturated heterocycles. The molecule has 0 aromatic carbocycles. The van der Waals surface area contributed by atoms with E-state index in [1.807, 2.05) is 0 Å². The fraction of sp³-hybridized carbons (Fsp3) is 0.750. The zero-order valence-corrected chi connectivity index (χ0v) is 11.5. The van der Waals surface area contributed by atoms with Crippen molar-refractivity contribution in [2.75, 3.05) is 6.54 Å². The van der Waals surface area contributed by atoms with Crippen LogP contribution in [-0.4, -0.2) is 52.3 Å². The number of nitrogens with zero attached hydrogens (tertiary/aromatic N) is 1. The van der Waals surface area contributed by atoms with Gasteiger partial charge in [-0.15, -0.1) is 0 Å². The number of rotatable bonds is 2. The summed E-state index contributed by atoms with van der Waals surface area (Å²) in [7, 11) is 0. The van der Waals surface area contributed by atoms with Crippen LogP contribution in [0.25, 0.3) is 0 Å². The molecule has 7 heteroatoms. The van der Waals surface area contributed by atoms with Gasteiger partial charge in [0, 0.05) is 19.9 Å². The van der Waals surface area contributed by atoms with E-state index in [0.717, 1.165) is 4.90 Å². The first-order valence-electron chi connectivity index (χ1n) is 6.01. The molecule has 1 rings (SSSR count). The normalized spacial score (nSPS) is 23.1. The van der Waals surface area contributed by atoms with Crippen LogP contribution < -0.4 is 0 Å². The standard InChI is InChI=1S/C12H19NO6/c1-7(14)18-8-5-6-13(9(8)10(15)16)11(17)19-12(2,3)4/h8-9H,5-6H2,1-4H3,(H,15,16)/t8-,9+/m0/s1. The number of amides is 1. The van der Waals surface area contributed by atoms with E-state index >= 15 is 0 Å². The van der Waals surface area contributed by atoms with Gasteiger partial charge in [-0.05, 0) is 20.8 Å². The number of carbonyl (C=O) groups is 3. The molecule has 1 heterocycles. The number of carboxylic acid groups (broad SMARTS) is 1. The van der Waals surface area contributed by atoms with Crippen molar-refractivity contribution in [2.45, 2.75) is 51.9 Å². The Morgan fingerprint density at radius 2 is 1.84 bits per heavy atom. The van der Waals surface area contributed by atoms with Gasteiger partial charge in [0.2, 0.25) is 0 Å². The van der Waals surface area contributed by atoms with Crippen LogP contribution in [0, 0.1) is 0 Å². The zero-order valence-electron chi connectivity index (χ0n) is 11.5. The Kier molecular flexibility index (Phi) is 4.39. The Balaban J connectivity index is 2.81. The second-order valence-corrected chi connectivity index (χ2v) is 5.39. The van der Waals surface area contributed by atoms with Crippen molar-refractivity contribution in [2.24, 2.45) is 0 Å². The number of hydrogen-bond acceptors (Lipinski definition) is 5. The highest BCUT2D eigenvalue weighted by atomic mass is 16.6. The maximum absolute atomic E-state index is 11.9. The van der Waals surface area contributed by atoms with E-state index in [9.17, 15) is 19.5 Å². The van der Waals surface area contributed by atoms with Gasteiger partial charge in [0.25, 0.3) is 0 Å². The van der Waals surface area contributed by atoms with E-state index in [1.54, 1.807) is 20.8 Å². The average Bonchev–Trinajstić information content (AvgIpc) is 2.57. The van der Waals surface area contributed by atoms with Crippen LogP contribution in [0.4, 0.5) is 4.79 Å². The predicted octanol–water partition coefficient (Wildman–Crippen LogP) is 1.01. The lowest BCUT2D eigenvalue weighted by molar-refractivity contribution is -0.154. The van der Waals surface area contributed by atoms with Crippen molar-refractivity contribution in [3.05, 3.63) is 0 Å². The third kappa shape index (κ3) is 4.11. The molecule has 0 bridgehead atoms. The Morgan fingerprint density at radius 3 is 2.26 bits per heavy atom. The van der Waals surface area contributed by atoms with Gasteiger partial charge in [-0.25, -0.2) is 9.59 Å². The number of carbonyl (C=O) groups excluding carboxylic acids is 2. The van der Waals surface area contributed by atoms with Crippen LogP contribution in [0.15, 0.2) is 0 Å². The summed E-state index contributed by atoms with van der Waals surface area (Å²) >= 11 is 0. The summed E-state index contributed by atoms with van der Waals surface area (Å²) in [4.78, 5) is 35.1. The fourth-order valence-electron chi connectivity index (χ4n) is 1.92. The van der Waals surface area contributed by atoms with Crippen LogP contribution >= 0.6 is 0 Å². The van der Waals surface area contributed by atoms with Gasteiger partial charge >= 0.3 is 18.0 Å². The van der Waals surface area contributed by atoms with Gasteiger partial charge in [0.05, 0.1) is 0 Å².